The van der Waals surface area contributed by atoms with Gasteiger partial charge in [-0.15, -0.1) is 13.2 Å². The number of halogens is 5. The third-order valence-electron chi connectivity index (χ3n) is 3.52. The standard InChI is InChI=1S/C16H8BrF4NO3/c17-9-2-1-8(12(18)5-9)7-22-13-4-3-10(25-16(19,20)21)6-11(13)14(23)15(22)24/h1-6H,7H2. The molecule has 0 aliphatic carbocycles. The molecule has 1 amide bonds. The summed E-state index contributed by atoms with van der Waals surface area (Å²) in [5.41, 5.74) is 0.0453. The molecule has 2 aromatic rings. The first-order valence-corrected chi connectivity index (χ1v) is 7.65. The lowest BCUT2D eigenvalue weighted by atomic mass is 10.1. The number of anilines is 1. The minimum Gasteiger partial charge on any atom is -0.406 e. The Morgan fingerprint density at radius 2 is 1.80 bits per heavy atom. The van der Waals surface area contributed by atoms with E-state index in [0.29, 0.717) is 4.47 Å². The third kappa shape index (κ3) is 3.51. The normalized spacial score (nSPS) is 14.0. The van der Waals surface area contributed by atoms with E-state index in [1.807, 2.05) is 0 Å². The van der Waals surface area contributed by atoms with Crippen LogP contribution in [0.2, 0.25) is 0 Å². The summed E-state index contributed by atoms with van der Waals surface area (Å²) in [6.45, 7) is -0.226. The Kier molecular flexibility index (Phi) is 4.28. The number of alkyl halides is 3. The maximum absolute atomic E-state index is 14.0. The first-order chi connectivity index (χ1) is 11.7. The number of rotatable bonds is 3. The van der Waals surface area contributed by atoms with Crippen molar-refractivity contribution in [3.8, 4) is 5.75 Å². The summed E-state index contributed by atoms with van der Waals surface area (Å²) >= 11 is 3.11. The maximum atomic E-state index is 14.0. The fourth-order valence-electron chi connectivity index (χ4n) is 2.45. The van der Waals surface area contributed by atoms with E-state index in [1.165, 1.54) is 12.1 Å². The van der Waals surface area contributed by atoms with Gasteiger partial charge in [0.15, 0.2) is 0 Å². The molecule has 9 heteroatoms. The second-order valence-electron chi connectivity index (χ2n) is 5.18. The van der Waals surface area contributed by atoms with E-state index in [9.17, 15) is 27.2 Å². The molecule has 0 spiro atoms. The molecule has 25 heavy (non-hydrogen) atoms. The van der Waals surface area contributed by atoms with Gasteiger partial charge in [0.05, 0.1) is 17.8 Å². The molecule has 0 bridgehead atoms. The molecule has 1 aliphatic rings. The average molecular weight is 418 g/mol. The van der Waals surface area contributed by atoms with Crippen LogP contribution < -0.4 is 9.64 Å². The number of nitrogens with zero attached hydrogens (tertiary/aromatic N) is 1. The highest BCUT2D eigenvalue weighted by Crippen LogP contribution is 2.35. The lowest BCUT2D eigenvalue weighted by Gasteiger charge is -2.17. The van der Waals surface area contributed by atoms with Crippen LogP contribution in [-0.2, 0) is 11.3 Å². The Balaban J connectivity index is 1.94. The lowest BCUT2D eigenvalue weighted by molar-refractivity contribution is -0.274. The summed E-state index contributed by atoms with van der Waals surface area (Å²) in [5, 5.41) is 0. The van der Waals surface area contributed by atoms with Crippen molar-refractivity contribution in [2.24, 2.45) is 0 Å². The first kappa shape index (κ1) is 17.4. The zero-order valence-electron chi connectivity index (χ0n) is 12.2. The molecule has 1 heterocycles. The van der Waals surface area contributed by atoms with E-state index in [1.54, 1.807) is 6.07 Å². The number of hydrogen-bond acceptors (Lipinski definition) is 3. The topological polar surface area (TPSA) is 46.6 Å². The van der Waals surface area contributed by atoms with Crippen LogP contribution in [0.3, 0.4) is 0 Å². The number of benzene rings is 2. The molecule has 0 aromatic heterocycles. The van der Waals surface area contributed by atoms with Crippen LogP contribution in [0.15, 0.2) is 40.9 Å². The van der Waals surface area contributed by atoms with E-state index >= 15 is 0 Å². The van der Waals surface area contributed by atoms with Crippen molar-refractivity contribution < 1.29 is 31.9 Å². The van der Waals surface area contributed by atoms with Crippen LogP contribution in [0.1, 0.15) is 15.9 Å². The molecule has 4 nitrogen and oxygen atoms in total. The summed E-state index contributed by atoms with van der Waals surface area (Å²) in [6.07, 6.45) is -4.92. The molecule has 1 aliphatic heterocycles. The number of Topliss-reactive ketones (excluding diaryl/α,β-unsaturated/α-hetero) is 1. The summed E-state index contributed by atoms with van der Waals surface area (Å²) in [5.74, 6) is -3.11. The quantitative estimate of drug-likeness (QED) is 0.554. The lowest BCUT2D eigenvalue weighted by Crippen LogP contribution is -2.29. The predicted molar refractivity (Wildman–Crippen MR) is 82.7 cm³/mol. The van der Waals surface area contributed by atoms with Crippen molar-refractivity contribution in [3.05, 3.63) is 57.8 Å². The highest BCUT2D eigenvalue weighted by molar-refractivity contribution is 9.10. The number of carbonyl (C=O) groups excluding carboxylic acids is 2. The fraction of sp³-hybridized carbons (Fsp3) is 0.125. The van der Waals surface area contributed by atoms with Crippen molar-refractivity contribution in [2.75, 3.05) is 4.90 Å². The zero-order valence-corrected chi connectivity index (χ0v) is 13.8. The smallest absolute Gasteiger partial charge is 0.406 e. The highest BCUT2D eigenvalue weighted by Gasteiger charge is 2.38. The number of carbonyl (C=O) groups is 2. The van der Waals surface area contributed by atoms with Crippen molar-refractivity contribution in [2.45, 2.75) is 12.9 Å². The van der Waals surface area contributed by atoms with Crippen LogP contribution in [-0.4, -0.2) is 18.1 Å². The second-order valence-corrected chi connectivity index (χ2v) is 6.10. The van der Waals surface area contributed by atoms with Crippen LogP contribution in [0.25, 0.3) is 0 Å². The highest BCUT2D eigenvalue weighted by atomic mass is 79.9. The minimum absolute atomic E-state index is 0.104. The molecule has 130 valence electrons. The largest absolute Gasteiger partial charge is 0.573 e. The molecule has 0 saturated carbocycles. The van der Waals surface area contributed by atoms with Gasteiger partial charge in [-0.05, 0) is 30.3 Å². The Morgan fingerprint density at radius 3 is 2.44 bits per heavy atom. The predicted octanol–water partition coefficient (Wildman–Crippen LogP) is 4.22. The number of ketones is 1. The Hall–Kier alpha value is -2.42. The van der Waals surface area contributed by atoms with Crippen LogP contribution in [0.5, 0.6) is 5.75 Å². The van der Waals surface area contributed by atoms with Gasteiger partial charge in [0.1, 0.15) is 11.6 Å². The van der Waals surface area contributed by atoms with Gasteiger partial charge < -0.3 is 9.64 Å². The van der Waals surface area contributed by atoms with E-state index in [4.69, 9.17) is 0 Å². The molecule has 0 unspecified atom stereocenters. The van der Waals surface area contributed by atoms with Crippen LogP contribution in [0.4, 0.5) is 23.2 Å². The summed E-state index contributed by atoms with van der Waals surface area (Å²) < 4.78 is 55.0. The summed E-state index contributed by atoms with van der Waals surface area (Å²) in [7, 11) is 0. The second kappa shape index (κ2) is 6.14. The molecule has 3 rings (SSSR count). The van der Waals surface area contributed by atoms with Gasteiger partial charge in [-0.2, -0.15) is 0 Å². The Labute approximate surface area is 147 Å². The SMILES string of the molecule is O=C1C(=O)N(Cc2ccc(Br)cc2F)c2ccc(OC(F)(F)F)cc21. The monoisotopic (exact) mass is 417 g/mol. The number of ether oxygens (including phenoxy) is 1. The zero-order chi connectivity index (χ0) is 18.4. The van der Waals surface area contributed by atoms with Crippen molar-refractivity contribution >= 4 is 33.3 Å². The number of amides is 1. The van der Waals surface area contributed by atoms with Crippen molar-refractivity contribution in [1.29, 1.82) is 0 Å². The summed E-state index contributed by atoms with van der Waals surface area (Å²) in [4.78, 5) is 25.2. The van der Waals surface area contributed by atoms with E-state index in [2.05, 4.69) is 20.7 Å². The van der Waals surface area contributed by atoms with Gasteiger partial charge in [0, 0.05) is 10.0 Å². The van der Waals surface area contributed by atoms with Crippen LogP contribution in [0, 0.1) is 5.82 Å². The van der Waals surface area contributed by atoms with E-state index in [0.717, 1.165) is 23.1 Å². The van der Waals surface area contributed by atoms with Gasteiger partial charge in [-0.3, -0.25) is 9.59 Å². The van der Waals surface area contributed by atoms with Crippen LogP contribution >= 0.6 is 15.9 Å². The molecule has 0 fully saturated rings. The average Bonchev–Trinajstić information content (AvgIpc) is 2.73. The third-order valence-corrected chi connectivity index (χ3v) is 4.01. The summed E-state index contributed by atoms with van der Waals surface area (Å²) in [6, 6.07) is 7.22. The molecular formula is C16H8BrF4NO3. The molecular weight excluding hydrogens is 410 g/mol. The van der Waals surface area contributed by atoms with E-state index in [-0.39, 0.29) is 23.4 Å². The fourth-order valence-corrected chi connectivity index (χ4v) is 2.79. The molecule has 0 saturated heterocycles. The molecule has 0 N–H and O–H groups in total. The van der Waals surface area contributed by atoms with Crippen molar-refractivity contribution in [3.63, 3.8) is 0 Å². The van der Waals surface area contributed by atoms with Gasteiger partial charge in [0.2, 0.25) is 0 Å². The van der Waals surface area contributed by atoms with Gasteiger partial charge in [-0.25, -0.2) is 4.39 Å². The van der Waals surface area contributed by atoms with Gasteiger partial charge >= 0.3 is 6.36 Å². The Bertz CT molecular complexity index is 882. The number of hydrogen-bond donors (Lipinski definition) is 0. The van der Waals surface area contributed by atoms with Crippen molar-refractivity contribution in [1.82, 2.24) is 0 Å². The minimum atomic E-state index is -4.92. The number of fused-ring (bicyclic) bond motifs is 1. The van der Waals surface area contributed by atoms with Gasteiger partial charge in [-0.1, -0.05) is 22.0 Å². The molecule has 0 radical (unpaired) electrons. The maximum Gasteiger partial charge on any atom is 0.573 e. The first-order valence-electron chi connectivity index (χ1n) is 6.85. The molecule has 2 aromatic carbocycles. The van der Waals surface area contributed by atoms with E-state index < -0.39 is 29.6 Å². The van der Waals surface area contributed by atoms with Gasteiger partial charge in [0.25, 0.3) is 11.7 Å². The molecule has 0 atom stereocenters. The Morgan fingerprint density at radius 1 is 1.08 bits per heavy atom.